The number of nitrogens with zero attached hydrogens (tertiary/aromatic N) is 2. The molecule has 0 fully saturated rings. The third-order valence-electron chi connectivity index (χ3n) is 2.07. The number of anilines is 1. The van der Waals surface area contributed by atoms with Gasteiger partial charge in [-0.1, -0.05) is 0 Å². The van der Waals surface area contributed by atoms with Crippen molar-refractivity contribution in [2.24, 2.45) is 0 Å². The van der Waals surface area contributed by atoms with Gasteiger partial charge in [0.2, 0.25) is 0 Å². The van der Waals surface area contributed by atoms with Gasteiger partial charge in [0.15, 0.2) is 0 Å². The lowest BCUT2D eigenvalue weighted by Crippen LogP contribution is -2.17. The van der Waals surface area contributed by atoms with Crippen LogP contribution in [-0.2, 0) is 0 Å². The van der Waals surface area contributed by atoms with Gasteiger partial charge in [0, 0.05) is 23.6 Å². The Bertz CT molecular complexity index is 543. The molecule has 0 atom stereocenters. The van der Waals surface area contributed by atoms with E-state index in [2.05, 4.69) is 14.7 Å². The van der Waals surface area contributed by atoms with E-state index in [0.717, 1.165) is 6.07 Å². The van der Waals surface area contributed by atoms with Crippen molar-refractivity contribution in [3.63, 3.8) is 0 Å². The normalized spacial score (nSPS) is 11.3. The number of ether oxygens (including phenoxy) is 1. The molecule has 1 aromatic carbocycles. The average Bonchev–Trinajstić information content (AvgIpc) is 2.31. The highest BCUT2D eigenvalue weighted by Crippen LogP contribution is 2.33. The van der Waals surface area contributed by atoms with Crippen molar-refractivity contribution < 1.29 is 17.9 Å². The molecule has 4 nitrogen and oxygen atoms in total. The van der Waals surface area contributed by atoms with Gasteiger partial charge in [0.1, 0.15) is 5.75 Å². The number of aromatic nitrogens is 2. The van der Waals surface area contributed by atoms with Gasteiger partial charge in [-0.15, -0.1) is 13.2 Å². The fourth-order valence-corrected chi connectivity index (χ4v) is 1.40. The van der Waals surface area contributed by atoms with E-state index in [1.807, 2.05) is 0 Å². The Morgan fingerprint density at radius 3 is 2.56 bits per heavy atom. The number of hydrogen-bond acceptors (Lipinski definition) is 4. The molecule has 0 bridgehead atoms. The SMILES string of the molecule is Nc1ccc(OC(F)(F)F)c(-c2cnccn2)c1. The third kappa shape index (κ3) is 2.88. The summed E-state index contributed by atoms with van der Waals surface area (Å²) in [5.41, 5.74) is 6.25. The molecule has 0 saturated heterocycles. The maximum absolute atomic E-state index is 12.2. The molecule has 1 heterocycles. The van der Waals surface area contributed by atoms with E-state index in [0.29, 0.717) is 5.69 Å². The van der Waals surface area contributed by atoms with Gasteiger partial charge < -0.3 is 10.5 Å². The van der Waals surface area contributed by atoms with Crippen molar-refractivity contribution in [1.29, 1.82) is 0 Å². The van der Waals surface area contributed by atoms with Crippen molar-refractivity contribution in [2.45, 2.75) is 6.36 Å². The molecular weight excluding hydrogens is 247 g/mol. The summed E-state index contributed by atoms with van der Waals surface area (Å²) < 4.78 is 40.7. The van der Waals surface area contributed by atoms with Crippen molar-refractivity contribution in [3.05, 3.63) is 36.8 Å². The number of halogens is 3. The van der Waals surface area contributed by atoms with Crippen molar-refractivity contribution in [3.8, 4) is 17.0 Å². The Morgan fingerprint density at radius 1 is 1.17 bits per heavy atom. The highest BCUT2D eigenvalue weighted by Gasteiger charge is 2.32. The fourth-order valence-electron chi connectivity index (χ4n) is 1.40. The first-order valence-electron chi connectivity index (χ1n) is 4.87. The molecule has 2 N–H and O–H groups in total. The number of benzene rings is 1. The molecule has 18 heavy (non-hydrogen) atoms. The van der Waals surface area contributed by atoms with Gasteiger partial charge in [-0.2, -0.15) is 0 Å². The quantitative estimate of drug-likeness (QED) is 0.838. The first kappa shape index (κ1) is 12.2. The predicted molar refractivity (Wildman–Crippen MR) is 58.6 cm³/mol. The molecule has 94 valence electrons. The fraction of sp³-hybridized carbons (Fsp3) is 0.0909. The van der Waals surface area contributed by atoms with Gasteiger partial charge in [-0.25, -0.2) is 0 Å². The molecule has 2 aromatic rings. The first-order valence-corrected chi connectivity index (χ1v) is 4.87. The molecule has 0 aliphatic heterocycles. The molecular formula is C11H8F3N3O. The van der Waals surface area contributed by atoms with Crippen molar-refractivity contribution >= 4 is 5.69 Å². The standard InChI is InChI=1S/C11H8F3N3O/c12-11(13,14)18-10-2-1-7(15)5-8(10)9-6-16-3-4-17-9/h1-6H,15H2. The molecule has 0 aliphatic rings. The second-order valence-electron chi connectivity index (χ2n) is 3.39. The molecule has 1 aromatic heterocycles. The molecule has 0 spiro atoms. The van der Waals surface area contributed by atoms with Gasteiger partial charge in [-0.3, -0.25) is 9.97 Å². The van der Waals surface area contributed by atoms with Crippen molar-refractivity contribution in [1.82, 2.24) is 9.97 Å². The van der Waals surface area contributed by atoms with Crippen LogP contribution >= 0.6 is 0 Å². The van der Waals surface area contributed by atoms with Crippen LogP contribution in [0.4, 0.5) is 18.9 Å². The van der Waals surface area contributed by atoms with Gasteiger partial charge in [-0.05, 0) is 18.2 Å². The van der Waals surface area contributed by atoms with Crippen molar-refractivity contribution in [2.75, 3.05) is 5.73 Å². The van der Waals surface area contributed by atoms with E-state index >= 15 is 0 Å². The maximum atomic E-state index is 12.2. The predicted octanol–water partition coefficient (Wildman–Crippen LogP) is 2.62. The molecule has 7 heteroatoms. The van der Waals surface area contributed by atoms with Gasteiger partial charge in [0.25, 0.3) is 0 Å². The lowest BCUT2D eigenvalue weighted by Gasteiger charge is -2.13. The summed E-state index contributed by atoms with van der Waals surface area (Å²) in [4.78, 5) is 7.70. The Labute approximate surface area is 100 Å². The Balaban J connectivity index is 2.48. The Morgan fingerprint density at radius 2 is 1.94 bits per heavy atom. The van der Waals surface area contributed by atoms with E-state index in [4.69, 9.17) is 5.73 Å². The average molecular weight is 255 g/mol. The maximum Gasteiger partial charge on any atom is 0.573 e. The van der Waals surface area contributed by atoms with E-state index < -0.39 is 6.36 Å². The van der Waals surface area contributed by atoms with Crippen LogP contribution in [0, 0.1) is 0 Å². The number of hydrogen-bond donors (Lipinski definition) is 1. The van der Waals surface area contributed by atoms with E-state index in [9.17, 15) is 13.2 Å². The largest absolute Gasteiger partial charge is 0.573 e. The number of nitrogen functional groups attached to an aromatic ring is 1. The zero-order chi connectivity index (χ0) is 13.2. The second-order valence-corrected chi connectivity index (χ2v) is 3.39. The lowest BCUT2D eigenvalue weighted by molar-refractivity contribution is -0.274. The van der Waals surface area contributed by atoms with E-state index in [1.54, 1.807) is 0 Å². The summed E-state index contributed by atoms with van der Waals surface area (Å²) in [6.45, 7) is 0. The monoisotopic (exact) mass is 255 g/mol. The third-order valence-corrected chi connectivity index (χ3v) is 2.07. The smallest absolute Gasteiger partial charge is 0.405 e. The Kier molecular flexibility index (Phi) is 3.05. The number of rotatable bonds is 2. The summed E-state index contributed by atoms with van der Waals surface area (Å²) in [6, 6.07) is 3.82. The topological polar surface area (TPSA) is 61.0 Å². The Hall–Kier alpha value is -2.31. The van der Waals surface area contributed by atoms with Crippen LogP contribution in [0.3, 0.4) is 0 Å². The van der Waals surface area contributed by atoms with Crippen LogP contribution in [0.1, 0.15) is 0 Å². The van der Waals surface area contributed by atoms with Crippen LogP contribution in [0.2, 0.25) is 0 Å². The summed E-state index contributed by atoms with van der Waals surface area (Å²) in [6.07, 6.45) is -0.652. The highest BCUT2D eigenvalue weighted by atomic mass is 19.4. The van der Waals surface area contributed by atoms with Crippen LogP contribution < -0.4 is 10.5 Å². The second kappa shape index (κ2) is 4.52. The zero-order valence-electron chi connectivity index (χ0n) is 8.98. The molecule has 2 rings (SSSR count). The molecule has 0 aliphatic carbocycles. The summed E-state index contributed by atoms with van der Waals surface area (Å²) in [7, 11) is 0. The summed E-state index contributed by atoms with van der Waals surface area (Å²) in [5.74, 6) is -0.364. The van der Waals surface area contributed by atoms with E-state index in [-0.39, 0.29) is 17.0 Å². The minimum atomic E-state index is -4.77. The highest BCUT2D eigenvalue weighted by molar-refractivity contribution is 5.70. The van der Waals surface area contributed by atoms with Crippen LogP contribution in [0.15, 0.2) is 36.8 Å². The minimum Gasteiger partial charge on any atom is -0.405 e. The van der Waals surface area contributed by atoms with Gasteiger partial charge >= 0.3 is 6.36 Å². The summed E-state index contributed by atoms with van der Waals surface area (Å²) in [5, 5.41) is 0. The minimum absolute atomic E-state index is 0.139. The summed E-state index contributed by atoms with van der Waals surface area (Å²) >= 11 is 0. The zero-order valence-corrected chi connectivity index (χ0v) is 8.98. The number of alkyl halides is 3. The van der Waals surface area contributed by atoms with Crippen LogP contribution in [0.25, 0.3) is 11.3 Å². The molecule has 0 saturated carbocycles. The number of nitrogens with two attached hydrogens (primary N) is 1. The van der Waals surface area contributed by atoms with Crippen LogP contribution in [0.5, 0.6) is 5.75 Å². The molecule has 0 unspecified atom stereocenters. The van der Waals surface area contributed by atoms with Gasteiger partial charge in [0.05, 0.1) is 11.9 Å². The molecule has 0 radical (unpaired) electrons. The first-order chi connectivity index (χ1) is 8.46. The molecule has 0 amide bonds. The lowest BCUT2D eigenvalue weighted by atomic mass is 10.1. The van der Waals surface area contributed by atoms with Crippen LogP contribution in [-0.4, -0.2) is 16.3 Å². The van der Waals surface area contributed by atoms with E-state index in [1.165, 1.54) is 30.7 Å².